The van der Waals surface area contributed by atoms with Crippen LogP contribution >= 0.6 is 15.9 Å². The Hall–Kier alpha value is -3.63. The smallest absolute Gasteiger partial charge is 0.343 e. The highest BCUT2D eigenvalue weighted by Crippen LogP contribution is 2.43. The summed E-state index contributed by atoms with van der Waals surface area (Å²) < 4.78 is 25.7. The summed E-state index contributed by atoms with van der Waals surface area (Å²) in [6.07, 6.45) is 0. The Balaban J connectivity index is 1.69. The van der Waals surface area contributed by atoms with Gasteiger partial charge in [-0.15, -0.1) is 0 Å². The maximum Gasteiger partial charge on any atom is 0.343 e. The molecule has 0 aliphatic carbocycles. The minimum atomic E-state index is -0.592. The van der Waals surface area contributed by atoms with Gasteiger partial charge in [-0.2, -0.15) is 5.26 Å². The monoisotopic (exact) mass is 464 g/mol. The first kappa shape index (κ1) is 19.7. The van der Waals surface area contributed by atoms with Crippen LogP contribution in [0.4, 0.5) is 4.39 Å². The van der Waals surface area contributed by atoms with Crippen molar-refractivity contribution in [3.05, 3.63) is 105 Å². The zero-order chi connectivity index (χ0) is 21.3. The molecule has 0 fully saturated rings. The van der Waals surface area contributed by atoms with E-state index in [-0.39, 0.29) is 17.2 Å². The molecule has 1 aliphatic heterocycles. The predicted molar refractivity (Wildman–Crippen MR) is 111 cm³/mol. The van der Waals surface area contributed by atoms with Gasteiger partial charge in [-0.3, -0.25) is 0 Å². The first-order valence-corrected chi connectivity index (χ1v) is 9.70. The van der Waals surface area contributed by atoms with Crippen LogP contribution in [-0.4, -0.2) is 5.97 Å². The molecule has 0 radical (unpaired) electrons. The standard InChI is InChI=1S/C23H14BrFN2O3/c24-15-6-4-13(5-7-15)23(28)29-17-8-9-18-20(11-17)30-22(27)19(12-26)21(18)14-2-1-3-16(25)10-14/h1-11,21H,27H2. The maximum atomic E-state index is 13.8. The van der Waals surface area contributed by atoms with Gasteiger partial charge in [0.25, 0.3) is 0 Å². The second-order valence-corrected chi connectivity index (χ2v) is 7.49. The van der Waals surface area contributed by atoms with Crippen LogP contribution in [0.3, 0.4) is 0 Å². The van der Waals surface area contributed by atoms with Gasteiger partial charge in [0.15, 0.2) is 0 Å². The van der Waals surface area contributed by atoms with E-state index in [4.69, 9.17) is 15.2 Å². The minimum Gasteiger partial charge on any atom is -0.440 e. The maximum absolute atomic E-state index is 13.8. The number of esters is 1. The lowest BCUT2D eigenvalue weighted by Gasteiger charge is -2.26. The van der Waals surface area contributed by atoms with Crippen LogP contribution in [0.25, 0.3) is 0 Å². The van der Waals surface area contributed by atoms with Crippen molar-refractivity contribution in [1.82, 2.24) is 0 Å². The van der Waals surface area contributed by atoms with Crippen molar-refractivity contribution < 1.29 is 18.7 Å². The zero-order valence-corrected chi connectivity index (χ0v) is 17.0. The van der Waals surface area contributed by atoms with Gasteiger partial charge in [0, 0.05) is 16.1 Å². The van der Waals surface area contributed by atoms with Crippen molar-refractivity contribution in [2.24, 2.45) is 5.73 Å². The first-order valence-electron chi connectivity index (χ1n) is 8.91. The van der Waals surface area contributed by atoms with Crippen LogP contribution in [0.2, 0.25) is 0 Å². The van der Waals surface area contributed by atoms with Crippen LogP contribution < -0.4 is 15.2 Å². The van der Waals surface area contributed by atoms with Gasteiger partial charge in [-0.05, 0) is 48.0 Å². The van der Waals surface area contributed by atoms with E-state index in [0.29, 0.717) is 22.4 Å². The van der Waals surface area contributed by atoms with E-state index in [1.165, 1.54) is 18.2 Å². The Kier molecular flexibility index (Phi) is 5.25. The number of hydrogen-bond donors (Lipinski definition) is 1. The number of carbonyl (C=O) groups is 1. The lowest BCUT2D eigenvalue weighted by atomic mass is 9.83. The van der Waals surface area contributed by atoms with Gasteiger partial charge in [0.1, 0.15) is 29.0 Å². The Labute approximate surface area is 180 Å². The number of rotatable bonds is 3. The van der Waals surface area contributed by atoms with Gasteiger partial charge in [-0.25, -0.2) is 9.18 Å². The van der Waals surface area contributed by atoms with Gasteiger partial charge < -0.3 is 15.2 Å². The summed E-state index contributed by atoms with van der Waals surface area (Å²) in [4.78, 5) is 12.4. The second-order valence-electron chi connectivity index (χ2n) is 6.58. The summed E-state index contributed by atoms with van der Waals surface area (Å²) in [5.74, 6) is -1.02. The van der Waals surface area contributed by atoms with E-state index in [2.05, 4.69) is 22.0 Å². The number of nitrogens with two attached hydrogens (primary N) is 1. The highest BCUT2D eigenvalue weighted by atomic mass is 79.9. The van der Waals surface area contributed by atoms with Crippen molar-refractivity contribution in [1.29, 1.82) is 5.26 Å². The highest BCUT2D eigenvalue weighted by molar-refractivity contribution is 9.10. The van der Waals surface area contributed by atoms with Crippen LogP contribution in [0.15, 0.2) is 82.7 Å². The van der Waals surface area contributed by atoms with Crippen molar-refractivity contribution in [2.75, 3.05) is 0 Å². The van der Waals surface area contributed by atoms with E-state index < -0.39 is 17.7 Å². The molecular weight excluding hydrogens is 451 g/mol. The fraction of sp³-hybridized carbons (Fsp3) is 0.0435. The SMILES string of the molecule is N#CC1=C(N)Oc2cc(OC(=O)c3ccc(Br)cc3)ccc2C1c1cccc(F)c1. The number of nitriles is 1. The summed E-state index contributed by atoms with van der Waals surface area (Å²) in [5.41, 5.74) is 7.72. The number of fused-ring (bicyclic) bond motifs is 1. The third kappa shape index (κ3) is 3.78. The van der Waals surface area contributed by atoms with E-state index in [1.807, 2.05) is 0 Å². The van der Waals surface area contributed by atoms with Crippen molar-refractivity contribution in [3.63, 3.8) is 0 Å². The number of allylic oxidation sites excluding steroid dienone is 1. The summed E-state index contributed by atoms with van der Waals surface area (Å²) >= 11 is 3.32. The molecule has 1 unspecified atom stereocenters. The topological polar surface area (TPSA) is 85.3 Å². The summed E-state index contributed by atoms with van der Waals surface area (Å²) in [6.45, 7) is 0. The largest absolute Gasteiger partial charge is 0.440 e. The predicted octanol–water partition coefficient (Wildman–Crippen LogP) is 5.03. The van der Waals surface area contributed by atoms with E-state index in [0.717, 1.165) is 4.47 Å². The molecule has 0 amide bonds. The molecule has 3 aromatic carbocycles. The van der Waals surface area contributed by atoms with Crippen molar-refractivity contribution in [2.45, 2.75) is 5.92 Å². The quantitative estimate of drug-likeness (QED) is 0.434. The molecule has 5 nitrogen and oxygen atoms in total. The molecule has 1 aliphatic rings. The lowest BCUT2D eigenvalue weighted by Crippen LogP contribution is -2.21. The molecule has 148 valence electrons. The number of benzene rings is 3. The average molecular weight is 465 g/mol. The molecule has 7 heteroatoms. The third-order valence-electron chi connectivity index (χ3n) is 4.66. The summed E-state index contributed by atoms with van der Waals surface area (Å²) in [5, 5.41) is 9.57. The molecule has 0 saturated carbocycles. The Morgan fingerprint density at radius 2 is 1.90 bits per heavy atom. The van der Waals surface area contributed by atoms with Crippen molar-refractivity contribution >= 4 is 21.9 Å². The van der Waals surface area contributed by atoms with Crippen LogP contribution in [0.1, 0.15) is 27.4 Å². The molecule has 0 aromatic heterocycles. The minimum absolute atomic E-state index is 0.0735. The number of halogens is 2. The molecule has 0 spiro atoms. The zero-order valence-electron chi connectivity index (χ0n) is 15.4. The van der Waals surface area contributed by atoms with E-state index in [9.17, 15) is 14.4 Å². The molecule has 0 bridgehead atoms. The van der Waals surface area contributed by atoms with Crippen LogP contribution in [0, 0.1) is 17.1 Å². The number of carbonyl (C=O) groups excluding carboxylic acids is 1. The average Bonchev–Trinajstić information content (AvgIpc) is 2.73. The number of ether oxygens (including phenoxy) is 2. The summed E-state index contributed by atoms with van der Waals surface area (Å²) in [6, 6.07) is 19.6. The molecule has 1 atom stereocenters. The van der Waals surface area contributed by atoms with Crippen LogP contribution in [0.5, 0.6) is 11.5 Å². The Morgan fingerprint density at radius 3 is 2.60 bits per heavy atom. The van der Waals surface area contributed by atoms with Crippen molar-refractivity contribution in [3.8, 4) is 17.6 Å². The summed E-state index contributed by atoms with van der Waals surface area (Å²) in [7, 11) is 0. The molecule has 4 rings (SSSR count). The van der Waals surface area contributed by atoms with E-state index in [1.54, 1.807) is 48.5 Å². The third-order valence-corrected chi connectivity index (χ3v) is 5.19. The molecular formula is C23H14BrFN2O3. The van der Waals surface area contributed by atoms with Gasteiger partial charge in [0.05, 0.1) is 11.5 Å². The molecule has 3 aromatic rings. The highest BCUT2D eigenvalue weighted by Gasteiger charge is 2.31. The fourth-order valence-electron chi connectivity index (χ4n) is 3.28. The van der Waals surface area contributed by atoms with Gasteiger partial charge in [0.2, 0.25) is 5.88 Å². The van der Waals surface area contributed by atoms with Crippen LogP contribution in [-0.2, 0) is 0 Å². The second kappa shape index (κ2) is 8.01. The molecule has 30 heavy (non-hydrogen) atoms. The molecule has 0 saturated heterocycles. The van der Waals surface area contributed by atoms with E-state index >= 15 is 0 Å². The van der Waals surface area contributed by atoms with Gasteiger partial charge >= 0.3 is 5.97 Å². The number of nitrogens with zero attached hydrogens (tertiary/aromatic N) is 1. The lowest BCUT2D eigenvalue weighted by molar-refractivity contribution is 0.0734. The first-order chi connectivity index (χ1) is 14.5. The normalized spacial score (nSPS) is 15.0. The number of hydrogen-bond acceptors (Lipinski definition) is 5. The molecule has 2 N–H and O–H groups in total. The fourth-order valence-corrected chi connectivity index (χ4v) is 3.54. The molecule has 1 heterocycles. The Morgan fingerprint density at radius 1 is 1.13 bits per heavy atom. The Bertz CT molecular complexity index is 1220. The van der Waals surface area contributed by atoms with Gasteiger partial charge in [-0.1, -0.05) is 34.1 Å².